The average Bonchev–Trinajstić information content (AvgIpc) is 2.92. The Morgan fingerprint density at radius 1 is 1.12 bits per heavy atom. The number of hydrogen-bond donors (Lipinski definition) is 0. The molecule has 0 spiro atoms. The number of benzene rings is 1. The van der Waals surface area contributed by atoms with Crippen molar-refractivity contribution < 1.29 is 9.66 Å². The summed E-state index contributed by atoms with van der Waals surface area (Å²) in [6.45, 7) is 1.86. The van der Waals surface area contributed by atoms with Crippen molar-refractivity contribution >= 4 is 17.4 Å². The second kappa shape index (κ2) is 6.76. The van der Waals surface area contributed by atoms with Crippen LogP contribution in [0.15, 0.2) is 64.6 Å². The molecule has 0 saturated carbocycles. The average molecular weight is 341 g/mol. The first-order valence-electron chi connectivity index (χ1n) is 7.21. The molecule has 0 atom stereocenters. The minimum Gasteiger partial charge on any atom is -0.439 e. The lowest BCUT2D eigenvalue weighted by Gasteiger charge is -2.08. The third-order valence-corrected chi connectivity index (χ3v) is 4.48. The van der Waals surface area contributed by atoms with Gasteiger partial charge in [0, 0.05) is 24.2 Å². The topological polar surface area (TPSA) is 70.2 Å². The van der Waals surface area contributed by atoms with Crippen LogP contribution in [0.2, 0.25) is 0 Å². The van der Waals surface area contributed by atoms with Gasteiger partial charge in [-0.15, -0.1) is 0 Å². The fourth-order valence-corrected chi connectivity index (χ4v) is 3.20. The van der Waals surface area contributed by atoms with E-state index in [1.165, 1.54) is 18.0 Å². The summed E-state index contributed by atoms with van der Waals surface area (Å²) < 4.78 is 7.37. The summed E-state index contributed by atoms with van der Waals surface area (Å²) >= 11 is 1.32. The van der Waals surface area contributed by atoms with Gasteiger partial charge in [-0.1, -0.05) is 30.0 Å². The van der Waals surface area contributed by atoms with Gasteiger partial charge >= 0.3 is 5.69 Å². The monoisotopic (exact) mass is 341 g/mol. The summed E-state index contributed by atoms with van der Waals surface area (Å²) in [4.78, 5) is 16.6. The lowest BCUT2D eigenvalue weighted by molar-refractivity contribution is -0.387. The highest BCUT2D eigenvalue weighted by atomic mass is 32.2. The van der Waals surface area contributed by atoms with Gasteiger partial charge in [0.15, 0.2) is 0 Å². The summed E-state index contributed by atoms with van der Waals surface area (Å²) in [5.74, 6) is 1.20. The molecule has 7 heteroatoms. The summed E-state index contributed by atoms with van der Waals surface area (Å²) in [6, 6.07) is 13.0. The molecular formula is C17H15N3O3S. The minimum absolute atomic E-state index is 0.0894. The van der Waals surface area contributed by atoms with Gasteiger partial charge in [-0.25, -0.2) is 4.98 Å². The van der Waals surface area contributed by atoms with E-state index >= 15 is 0 Å². The molecule has 6 nitrogen and oxygen atoms in total. The van der Waals surface area contributed by atoms with Gasteiger partial charge in [-0.05, 0) is 25.1 Å². The lowest BCUT2D eigenvalue weighted by Crippen LogP contribution is -1.92. The fourth-order valence-electron chi connectivity index (χ4n) is 2.18. The molecule has 0 radical (unpaired) electrons. The number of para-hydroxylation sites is 1. The third kappa shape index (κ3) is 3.57. The van der Waals surface area contributed by atoms with Crippen LogP contribution in [-0.4, -0.2) is 14.5 Å². The Bertz CT molecular complexity index is 878. The molecule has 2 aromatic heterocycles. The van der Waals surface area contributed by atoms with Gasteiger partial charge in [0.25, 0.3) is 0 Å². The van der Waals surface area contributed by atoms with Gasteiger partial charge in [0.05, 0.1) is 16.8 Å². The number of nitrogens with zero attached hydrogens (tertiary/aromatic N) is 3. The fraction of sp³-hybridized carbons (Fsp3) is 0.118. The molecule has 24 heavy (non-hydrogen) atoms. The Hall–Kier alpha value is -2.80. The Labute approximate surface area is 143 Å². The molecule has 2 heterocycles. The maximum absolute atomic E-state index is 11.1. The highest BCUT2D eigenvalue weighted by Crippen LogP contribution is 2.37. The van der Waals surface area contributed by atoms with E-state index in [-0.39, 0.29) is 10.6 Å². The predicted octanol–water partition coefficient (Wildman–Crippen LogP) is 4.58. The van der Waals surface area contributed by atoms with Crippen molar-refractivity contribution in [2.45, 2.75) is 16.7 Å². The van der Waals surface area contributed by atoms with Crippen LogP contribution in [0, 0.1) is 17.0 Å². The van der Waals surface area contributed by atoms with Crippen LogP contribution in [-0.2, 0) is 7.05 Å². The molecular weight excluding hydrogens is 326 g/mol. The molecule has 0 unspecified atom stereocenters. The molecule has 1 aromatic carbocycles. The van der Waals surface area contributed by atoms with Crippen molar-refractivity contribution in [1.29, 1.82) is 0 Å². The Kier molecular flexibility index (Phi) is 4.52. The second-order valence-corrected chi connectivity index (χ2v) is 6.26. The molecule has 0 N–H and O–H groups in total. The number of aryl methyl sites for hydroxylation is 2. The maximum atomic E-state index is 11.1. The maximum Gasteiger partial charge on any atom is 0.300 e. The number of nitro groups is 1. The second-order valence-electron chi connectivity index (χ2n) is 5.18. The number of rotatable bonds is 5. The normalized spacial score (nSPS) is 10.6. The number of ether oxygens (including phenoxy) is 1. The number of hydrogen-bond acceptors (Lipinski definition) is 5. The van der Waals surface area contributed by atoms with Crippen molar-refractivity contribution in [2.24, 2.45) is 7.05 Å². The van der Waals surface area contributed by atoms with Crippen LogP contribution in [0.1, 0.15) is 5.69 Å². The Morgan fingerprint density at radius 2 is 1.88 bits per heavy atom. The number of pyridine rings is 1. The molecule has 0 bridgehead atoms. The molecule has 3 rings (SSSR count). The smallest absolute Gasteiger partial charge is 0.300 e. The van der Waals surface area contributed by atoms with Gasteiger partial charge in [0.1, 0.15) is 10.6 Å². The molecule has 0 saturated heterocycles. The van der Waals surface area contributed by atoms with Gasteiger partial charge in [-0.3, -0.25) is 10.1 Å². The zero-order chi connectivity index (χ0) is 17.1. The molecule has 0 aliphatic heterocycles. The predicted molar refractivity (Wildman–Crippen MR) is 91.7 cm³/mol. The van der Waals surface area contributed by atoms with Crippen LogP contribution in [0.25, 0.3) is 0 Å². The van der Waals surface area contributed by atoms with Crippen LogP contribution < -0.4 is 4.74 Å². The van der Waals surface area contributed by atoms with Crippen molar-refractivity contribution in [3.8, 4) is 11.6 Å². The van der Waals surface area contributed by atoms with Gasteiger partial charge < -0.3 is 9.30 Å². The van der Waals surface area contributed by atoms with E-state index in [0.29, 0.717) is 16.5 Å². The Morgan fingerprint density at radius 3 is 2.54 bits per heavy atom. The first kappa shape index (κ1) is 16.1. The summed E-state index contributed by atoms with van der Waals surface area (Å²) in [7, 11) is 1.76. The van der Waals surface area contributed by atoms with E-state index in [9.17, 15) is 10.1 Å². The zero-order valence-corrected chi connectivity index (χ0v) is 14.0. The zero-order valence-electron chi connectivity index (χ0n) is 13.2. The van der Waals surface area contributed by atoms with E-state index in [4.69, 9.17) is 4.74 Å². The highest BCUT2D eigenvalue weighted by Gasteiger charge is 2.18. The van der Waals surface area contributed by atoms with Gasteiger partial charge in [-0.2, -0.15) is 0 Å². The standard InChI is InChI=1S/C17H15N3O3S/c1-12-15(24-16-11-19(2)10-14(16)20(21)22)8-9-17(18-12)23-13-6-4-3-5-7-13/h3-11H,1-2H3. The molecule has 3 aromatic rings. The van der Waals surface area contributed by atoms with E-state index in [1.807, 2.05) is 43.3 Å². The minimum atomic E-state index is -0.377. The van der Waals surface area contributed by atoms with E-state index in [0.717, 1.165) is 10.6 Å². The molecule has 0 aliphatic carbocycles. The lowest BCUT2D eigenvalue weighted by atomic mass is 10.3. The van der Waals surface area contributed by atoms with Crippen LogP contribution in [0.4, 0.5) is 5.69 Å². The molecule has 0 amide bonds. The SMILES string of the molecule is Cc1nc(Oc2ccccc2)ccc1Sc1cn(C)cc1[N+](=O)[O-]. The Balaban J connectivity index is 1.82. The summed E-state index contributed by atoms with van der Waals surface area (Å²) in [5.41, 5.74) is 0.845. The first-order valence-corrected chi connectivity index (χ1v) is 8.03. The first-order chi connectivity index (χ1) is 11.5. The molecule has 122 valence electrons. The largest absolute Gasteiger partial charge is 0.439 e. The van der Waals surface area contributed by atoms with Gasteiger partial charge in [0.2, 0.25) is 5.88 Å². The van der Waals surface area contributed by atoms with Crippen molar-refractivity contribution in [2.75, 3.05) is 0 Å². The third-order valence-electron chi connectivity index (χ3n) is 3.29. The summed E-state index contributed by atoms with van der Waals surface area (Å²) in [5, 5.41) is 11.1. The summed E-state index contributed by atoms with van der Waals surface area (Å²) in [6.07, 6.45) is 3.23. The highest BCUT2D eigenvalue weighted by molar-refractivity contribution is 7.99. The van der Waals surface area contributed by atoms with Crippen LogP contribution in [0.5, 0.6) is 11.6 Å². The van der Waals surface area contributed by atoms with E-state index < -0.39 is 0 Å². The molecule has 0 fully saturated rings. The van der Waals surface area contributed by atoms with Crippen molar-refractivity contribution in [3.05, 3.63) is 70.7 Å². The number of aromatic nitrogens is 2. The quantitative estimate of drug-likeness (QED) is 0.502. The van der Waals surface area contributed by atoms with Crippen LogP contribution in [0.3, 0.4) is 0 Å². The van der Waals surface area contributed by atoms with E-state index in [2.05, 4.69) is 4.98 Å². The van der Waals surface area contributed by atoms with Crippen molar-refractivity contribution in [1.82, 2.24) is 9.55 Å². The van der Waals surface area contributed by atoms with Crippen LogP contribution >= 0.6 is 11.8 Å². The molecule has 0 aliphatic rings. The van der Waals surface area contributed by atoms with E-state index in [1.54, 1.807) is 23.9 Å². The van der Waals surface area contributed by atoms with Crippen molar-refractivity contribution in [3.63, 3.8) is 0 Å².